The van der Waals surface area contributed by atoms with Gasteiger partial charge in [0.05, 0.1) is 10.7 Å². The average molecular weight is 411 g/mol. The number of nitrogens with zero attached hydrogens (tertiary/aromatic N) is 1. The van der Waals surface area contributed by atoms with Gasteiger partial charge in [-0.3, -0.25) is 0 Å². The Morgan fingerprint density at radius 1 is 1.46 bits per heavy atom. The van der Waals surface area contributed by atoms with E-state index in [1.165, 1.54) is 13.2 Å². The predicted molar refractivity (Wildman–Crippen MR) is 61.2 cm³/mol. The van der Waals surface area contributed by atoms with Crippen molar-refractivity contribution in [3.05, 3.63) is 19.0 Å². The monoisotopic (exact) mass is 411 g/mol. The van der Waals surface area contributed by atoms with Crippen LogP contribution in [-0.4, -0.2) is 12.1 Å². The van der Waals surface area contributed by atoms with Crippen molar-refractivity contribution in [3.8, 4) is 5.75 Å². The number of rotatable bonds is 2. The van der Waals surface area contributed by atoms with Gasteiger partial charge in [0.1, 0.15) is 9.39 Å². The first-order chi connectivity index (χ1) is 6.06. The number of hydrogen-bond acceptors (Lipinski definition) is 2. The van der Waals surface area contributed by atoms with Crippen molar-refractivity contribution >= 4 is 45.2 Å². The highest BCUT2D eigenvalue weighted by Crippen LogP contribution is 2.29. The Morgan fingerprint density at radius 2 is 2.08 bits per heavy atom. The molecule has 6 heteroatoms. The quantitative estimate of drug-likeness (QED) is 0.551. The Labute approximate surface area is 101 Å². The number of halogens is 4. The maximum atomic E-state index is 12.3. The molecule has 2 nitrogen and oxygen atoms in total. The molecule has 1 heterocycles. The lowest BCUT2D eigenvalue weighted by Gasteiger charge is -2.07. The van der Waals surface area contributed by atoms with Gasteiger partial charge in [0.15, 0.2) is 5.75 Å². The number of aromatic nitrogens is 1. The van der Waals surface area contributed by atoms with Gasteiger partial charge in [-0.2, -0.15) is 0 Å². The summed E-state index contributed by atoms with van der Waals surface area (Å²) in [7, 11) is 1.49. The molecule has 0 N–H and O–H groups in total. The molecule has 0 aromatic carbocycles. The maximum absolute atomic E-state index is 12.3. The van der Waals surface area contributed by atoms with Crippen LogP contribution in [0.2, 0.25) is 0 Å². The lowest BCUT2D eigenvalue weighted by atomic mass is 10.3. The Kier molecular flexibility index (Phi) is 4.07. The lowest BCUT2D eigenvalue weighted by Crippen LogP contribution is -1.98. The second kappa shape index (κ2) is 4.67. The normalized spacial score (nSPS) is 10.6. The van der Waals surface area contributed by atoms with Gasteiger partial charge < -0.3 is 4.74 Å². The zero-order chi connectivity index (χ0) is 10.0. The first-order valence-electron chi connectivity index (χ1n) is 3.24. The van der Waals surface area contributed by atoms with Crippen LogP contribution >= 0.6 is 45.2 Å². The minimum absolute atomic E-state index is 0.213. The van der Waals surface area contributed by atoms with Crippen molar-refractivity contribution in [2.45, 2.75) is 6.43 Å². The molecule has 0 saturated carbocycles. The van der Waals surface area contributed by atoms with E-state index in [-0.39, 0.29) is 5.69 Å². The van der Waals surface area contributed by atoms with Crippen LogP contribution in [0, 0.1) is 7.27 Å². The van der Waals surface area contributed by atoms with Gasteiger partial charge in [0, 0.05) is 0 Å². The predicted octanol–water partition coefficient (Wildman–Crippen LogP) is 3.24. The van der Waals surface area contributed by atoms with Crippen LogP contribution < -0.4 is 4.74 Å². The Balaban J connectivity index is 3.20. The van der Waals surface area contributed by atoms with Crippen LogP contribution in [0.15, 0.2) is 6.07 Å². The van der Waals surface area contributed by atoms with Gasteiger partial charge >= 0.3 is 0 Å². The summed E-state index contributed by atoms with van der Waals surface area (Å²) in [5.74, 6) is 0.547. The van der Waals surface area contributed by atoms with E-state index in [9.17, 15) is 8.78 Å². The summed E-state index contributed by atoms with van der Waals surface area (Å²) < 4.78 is 30.6. The Morgan fingerprint density at radius 3 is 2.46 bits per heavy atom. The number of alkyl halides is 2. The van der Waals surface area contributed by atoms with Crippen molar-refractivity contribution in [2.24, 2.45) is 0 Å². The summed E-state index contributed by atoms with van der Waals surface area (Å²) in [6, 6.07) is 1.33. The van der Waals surface area contributed by atoms with Gasteiger partial charge in [-0.25, -0.2) is 13.8 Å². The molecule has 0 spiro atoms. The zero-order valence-electron chi connectivity index (χ0n) is 6.52. The van der Waals surface area contributed by atoms with E-state index in [1.54, 1.807) is 0 Å². The zero-order valence-corrected chi connectivity index (χ0v) is 10.8. The van der Waals surface area contributed by atoms with E-state index in [0.29, 0.717) is 13.0 Å². The lowest BCUT2D eigenvalue weighted by molar-refractivity contribution is 0.145. The third-order valence-corrected chi connectivity index (χ3v) is 2.87. The molecule has 0 atom stereocenters. The van der Waals surface area contributed by atoms with Crippen LogP contribution in [0.4, 0.5) is 8.78 Å². The number of pyridine rings is 1. The molecule has 0 radical (unpaired) electrons. The van der Waals surface area contributed by atoms with Crippen LogP contribution in [0.1, 0.15) is 12.1 Å². The standard InChI is InChI=1S/C7H5F2I2NO/c1-13-5-3(10)2-4(6(8)9)12-7(5)11/h2,6H,1H3. The SMILES string of the molecule is COc1c(I)cc(C(F)F)nc1I. The second-order valence-corrected chi connectivity index (χ2v) is 4.34. The number of hydrogen-bond donors (Lipinski definition) is 0. The molecule has 0 aliphatic heterocycles. The van der Waals surface area contributed by atoms with E-state index in [0.717, 1.165) is 0 Å². The van der Waals surface area contributed by atoms with Crippen molar-refractivity contribution in [2.75, 3.05) is 7.11 Å². The fourth-order valence-corrected chi connectivity index (χ4v) is 2.88. The van der Waals surface area contributed by atoms with Crippen LogP contribution in [0.25, 0.3) is 0 Å². The van der Waals surface area contributed by atoms with Gasteiger partial charge in [-0.15, -0.1) is 0 Å². The highest BCUT2D eigenvalue weighted by molar-refractivity contribution is 14.1. The van der Waals surface area contributed by atoms with E-state index < -0.39 is 6.43 Å². The molecule has 0 fully saturated rings. The largest absolute Gasteiger partial charge is 0.493 e. The highest BCUT2D eigenvalue weighted by Gasteiger charge is 2.15. The Bertz CT molecular complexity index is 296. The molecule has 1 aromatic heterocycles. The fraction of sp³-hybridized carbons (Fsp3) is 0.286. The fourth-order valence-electron chi connectivity index (χ4n) is 0.784. The molecule has 1 aromatic rings. The maximum Gasteiger partial charge on any atom is 0.280 e. The first kappa shape index (κ1) is 11.3. The van der Waals surface area contributed by atoms with E-state index >= 15 is 0 Å². The molecule has 0 bridgehead atoms. The van der Waals surface area contributed by atoms with Crippen LogP contribution in [0.3, 0.4) is 0 Å². The molecule has 0 aliphatic rings. The highest BCUT2D eigenvalue weighted by atomic mass is 127. The van der Waals surface area contributed by atoms with Crippen molar-refractivity contribution < 1.29 is 13.5 Å². The summed E-state index contributed by atoms with van der Waals surface area (Å²) in [6.45, 7) is 0. The summed E-state index contributed by atoms with van der Waals surface area (Å²) in [4.78, 5) is 3.71. The molecular weight excluding hydrogens is 406 g/mol. The summed E-state index contributed by atoms with van der Waals surface area (Å²) in [5.41, 5.74) is -0.213. The van der Waals surface area contributed by atoms with Gasteiger partial charge in [-0.1, -0.05) is 0 Å². The van der Waals surface area contributed by atoms with E-state index in [1.807, 2.05) is 45.2 Å². The molecule has 0 amide bonds. The third kappa shape index (κ3) is 2.61. The molecule has 0 unspecified atom stereocenters. The smallest absolute Gasteiger partial charge is 0.280 e. The van der Waals surface area contributed by atoms with Crippen molar-refractivity contribution in [3.63, 3.8) is 0 Å². The summed E-state index contributed by atoms with van der Waals surface area (Å²) >= 11 is 3.81. The molecule has 13 heavy (non-hydrogen) atoms. The minimum Gasteiger partial charge on any atom is -0.493 e. The minimum atomic E-state index is -2.53. The summed E-state index contributed by atoms with van der Waals surface area (Å²) in [5, 5.41) is 0. The van der Waals surface area contributed by atoms with Crippen LogP contribution in [0.5, 0.6) is 5.75 Å². The average Bonchev–Trinajstić information content (AvgIpc) is 2.03. The van der Waals surface area contributed by atoms with E-state index in [4.69, 9.17) is 4.74 Å². The van der Waals surface area contributed by atoms with Gasteiger partial charge in [-0.05, 0) is 51.2 Å². The molecular formula is C7H5F2I2NO. The van der Waals surface area contributed by atoms with Crippen molar-refractivity contribution in [1.29, 1.82) is 0 Å². The van der Waals surface area contributed by atoms with Crippen molar-refractivity contribution in [1.82, 2.24) is 4.98 Å². The second-order valence-electron chi connectivity index (χ2n) is 2.15. The van der Waals surface area contributed by atoms with Crippen LogP contribution in [-0.2, 0) is 0 Å². The third-order valence-electron chi connectivity index (χ3n) is 1.33. The van der Waals surface area contributed by atoms with Gasteiger partial charge in [0.2, 0.25) is 0 Å². The first-order valence-corrected chi connectivity index (χ1v) is 5.40. The topological polar surface area (TPSA) is 22.1 Å². The molecule has 0 saturated heterocycles. The Hall–Kier alpha value is 0.270. The van der Waals surface area contributed by atoms with Gasteiger partial charge in [0.25, 0.3) is 6.43 Å². The molecule has 1 rings (SSSR count). The number of methoxy groups -OCH3 is 1. The molecule has 0 aliphatic carbocycles. The van der Waals surface area contributed by atoms with E-state index in [2.05, 4.69) is 4.98 Å². The number of ether oxygens (including phenoxy) is 1. The summed E-state index contributed by atoms with van der Waals surface area (Å²) in [6.07, 6.45) is -2.53. The molecule has 72 valence electrons.